The molecule has 1 atom stereocenters. The molecule has 4 heterocycles. The second-order valence-corrected chi connectivity index (χ2v) is 10.1. The van der Waals surface area contributed by atoms with Crippen molar-refractivity contribution in [3.8, 4) is 0 Å². The van der Waals surface area contributed by atoms with Crippen LogP contribution in [0.4, 0.5) is 8.78 Å². The lowest BCUT2D eigenvalue weighted by molar-refractivity contribution is -0.135. The summed E-state index contributed by atoms with van der Waals surface area (Å²) in [5.74, 6) is -1.49. The van der Waals surface area contributed by atoms with E-state index in [1.54, 1.807) is 6.07 Å². The van der Waals surface area contributed by atoms with E-state index < -0.39 is 11.6 Å². The first-order chi connectivity index (χ1) is 17.4. The molecule has 0 bridgehead atoms. The van der Waals surface area contributed by atoms with E-state index in [9.17, 15) is 13.6 Å². The Bertz CT molecular complexity index is 1390. The fourth-order valence-corrected chi connectivity index (χ4v) is 5.79. The Balaban J connectivity index is 1.21. The molecule has 0 aliphatic carbocycles. The zero-order valence-electron chi connectivity index (χ0n) is 20.3. The van der Waals surface area contributed by atoms with E-state index in [0.717, 1.165) is 59.6 Å². The van der Waals surface area contributed by atoms with Gasteiger partial charge in [0, 0.05) is 48.7 Å². The van der Waals surface area contributed by atoms with E-state index in [-0.39, 0.29) is 11.9 Å². The van der Waals surface area contributed by atoms with Gasteiger partial charge >= 0.3 is 0 Å². The Morgan fingerprint density at radius 2 is 1.92 bits per heavy atom. The Kier molecular flexibility index (Phi) is 5.88. The average molecular weight is 487 g/mol. The monoisotopic (exact) mass is 486 g/mol. The number of carbonyl (C=O) groups excluding carboxylic acids is 1. The van der Waals surface area contributed by atoms with Crippen LogP contribution in [-0.2, 0) is 30.8 Å². The minimum absolute atomic E-state index is 0.105. The van der Waals surface area contributed by atoms with Gasteiger partial charge in [0.1, 0.15) is 0 Å². The zero-order chi connectivity index (χ0) is 24.8. The van der Waals surface area contributed by atoms with Gasteiger partial charge in [-0.05, 0) is 78.9 Å². The lowest BCUT2D eigenvalue weighted by atomic mass is 9.90. The van der Waals surface area contributed by atoms with Crippen LogP contribution in [0, 0.1) is 18.6 Å². The summed E-state index contributed by atoms with van der Waals surface area (Å²) in [6.45, 7) is 5.37. The van der Waals surface area contributed by atoms with Gasteiger partial charge in [-0.25, -0.2) is 8.78 Å². The van der Waals surface area contributed by atoms with Crippen LogP contribution in [0.3, 0.4) is 0 Å². The normalized spacial score (nSPS) is 19.8. The molecule has 0 radical (unpaired) electrons. The number of benzene rings is 2. The molecule has 184 valence electrons. The number of pyridine rings is 1. The molecule has 1 fully saturated rings. The molecule has 3 aliphatic heterocycles. The maximum absolute atomic E-state index is 13.7. The standard InChI is InChI=1S/C29H28F2N4O/c1-18-9-20(6-7-32-18)29-25-12-23-16-35(28(36)13-21(23)11-22(25)14-33-29)24-3-2-8-34(17-24)15-19-4-5-26(30)27(31)10-19/h4-7,9-12,24H,2-3,8,13-17H2,1H3/t24-/m1/s1. The number of amides is 1. The second-order valence-electron chi connectivity index (χ2n) is 10.1. The van der Waals surface area contributed by atoms with Crippen molar-refractivity contribution < 1.29 is 13.6 Å². The molecular formula is C29H28F2N4O. The van der Waals surface area contributed by atoms with Crippen molar-refractivity contribution in [2.45, 2.75) is 51.9 Å². The summed E-state index contributed by atoms with van der Waals surface area (Å²) < 4.78 is 27.0. The largest absolute Gasteiger partial charge is 0.334 e. The lowest BCUT2D eigenvalue weighted by Crippen LogP contribution is -2.51. The highest BCUT2D eigenvalue weighted by Gasteiger charge is 2.33. The SMILES string of the molecule is Cc1cc(C2=NCc3cc4c(cc32)CN([C@@H]2CCCN(Cc3ccc(F)c(F)c3)C2)C(=O)C4)ccn1. The van der Waals surface area contributed by atoms with Crippen LogP contribution in [0.1, 0.15) is 51.9 Å². The summed E-state index contributed by atoms with van der Waals surface area (Å²) in [7, 11) is 0. The molecular weight excluding hydrogens is 458 g/mol. The first-order valence-electron chi connectivity index (χ1n) is 12.5. The average Bonchev–Trinajstić information content (AvgIpc) is 3.27. The number of aromatic nitrogens is 1. The molecule has 3 aliphatic rings. The topological polar surface area (TPSA) is 48.8 Å². The number of halogens is 2. The van der Waals surface area contributed by atoms with Crippen LogP contribution in [0.5, 0.6) is 0 Å². The number of aliphatic imine (C=N–C) groups is 1. The molecule has 5 nitrogen and oxygen atoms in total. The predicted octanol–water partition coefficient (Wildman–Crippen LogP) is 4.57. The summed E-state index contributed by atoms with van der Waals surface area (Å²) >= 11 is 0. The highest BCUT2D eigenvalue weighted by atomic mass is 19.2. The molecule has 2 aromatic carbocycles. The Morgan fingerprint density at radius 3 is 2.75 bits per heavy atom. The fraction of sp³-hybridized carbons (Fsp3) is 0.345. The van der Waals surface area contributed by atoms with Crippen molar-refractivity contribution >= 4 is 11.6 Å². The van der Waals surface area contributed by atoms with Gasteiger partial charge < -0.3 is 4.90 Å². The minimum Gasteiger partial charge on any atom is -0.334 e. The number of likely N-dealkylation sites (tertiary alicyclic amines) is 1. The summed E-state index contributed by atoms with van der Waals surface area (Å²) in [6.07, 6.45) is 4.14. The predicted molar refractivity (Wildman–Crippen MR) is 134 cm³/mol. The van der Waals surface area contributed by atoms with Crippen molar-refractivity contribution in [3.63, 3.8) is 0 Å². The number of fused-ring (bicyclic) bond motifs is 2. The first-order valence-corrected chi connectivity index (χ1v) is 12.5. The third kappa shape index (κ3) is 4.32. The van der Waals surface area contributed by atoms with Crippen molar-refractivity contribution in [3.05, 3.63) is 99.4 Å². The summed E-state index contributed by atoms with van der Waals surface area (Å²) in [5.41, 5.74) is 8.40. The number of nitrogens with zero attached hydrogens (tertiary/aromatic N) is 4. The highest BCUT2D eigenvalue weighted by Crippen LogP contribution is 2.32. The van der Waals surface area contributed by atoms with Gasteiger partial charge in [0.15, 0.2) is 11.6 Å². The van der Waals surface area contributed by atoms with Crippen molar-refractivity contribution in [1.82, 2.24) is 14.8 Å². The molecule has 1 saturated heterocycles. The van der Waals surface area contributed by atoms with Gasteiger partial charge in [0.05, 0.1) is 18.7 Å². The van der Waals surface area contributed by atoms with Crippen molar-refractivity contribution in [2.75, 3.05) is 13.1 Å². The third-order valence-corrected chi connectivity index (χ3v) is 7.57. The fourth-order valence-electron chi connectivity index (χ4n) is 5.79. The number of hydrogen-bond donors (Lipinski definition) is 0. The van der Waals surface area contributed by atoms with Gasteiger partial charge in [0.2, 0.25) is 5.91 Å². The van der Waals surface area contributed by atoms with Crippen molar-refractivity contribution in [1.29, 1.82) is 0 Å². The van der Waals surface area contributed by atoms with Gasteiger partial charge in [-0.15, -0.1) is 0 Å². The number of carbonyl (C=O) groups is 1. The van der Waals surface area contributed by atoms with E-state index in [4.69, 9.17) is 4.99 Å². The van der Waals surface area contributed by atoms with E-state index in [2.05, 4.69) is 28.1 Å². The van der Waals surface area contributed by atoms with E-state index >= 15 is 0 Å². The number of piperidine rings is 1. The van der Waals surface area contributed by atoms with Crippen LogP contribution >= 0.6 is 0 Å². The van der Waals surface area contributed by atoms with Gasteiger partial charge in [-0.3, -0.25) is 19.7 Å². The summed E-state index contributed by atoms with van der Waals surface area (Å²) in [4.78, 5) is 26.6. The molecule has 0 N–H and O–H groups in total. The first kappa shape index (κ1) is 23.0. The molecule has 1 aromatic heterocycles. The molecule has 36 heavy (non-hydrogen) atoms. The summed E-state index contributed by atoms with van der Waals surface area (Å²) in [6, 6.07) is 12.6. The highest BCUT2D eigenvalue weighted by molar-refractivity contribution is 6.15. The number of aryl methyl sites for hydroxylation is 1. The molecule has 0 unspecified atom stereocenters. The van der Waals surface area contributed by atoms with E-state index in [1.807, 2.05) is 24.1 Å². The van der Waals surface area contributed by atoms with Crippen LogP contribution < -0.4 is 0 Å². The molecule has 0 saturated carbocycles. The Labute approximate surface area is 209 Å². The Morgan fingerprint density at radius 1 is 1.03 bits per heavy atom. The quantitative estimate of drug-likeness (QED) is 0.543. The summed E-state index contributed by atoms with van der Waals surface area (Å²) in [5, 5.41) is 0. The number of rotatable bonds is 4. The minimum atomic E-state index is -0.827. The van der Waals surface area contributed by atoms with Crippen molar-refractivity contribution in [2.24, 2.45) is 4.99 Å². The molecule has 6 rings (SSSR count). The molecule has 7 heteroatoms. The van der Waals surface area contributed by atoms with Crippen LogP contribution in [0.25, 0.3) is 0 Å². The maximum Gasteiger partial charge on any atom is 0.227 e. The van der Waals surface area contributed by atoms with Gasteiger partial charge in [-0.2, -0.15) is 0 Å². The van der Waals surface area contributed by atoms with Gasteiger partial charge in [0.25, 0.3) is 0 Å². The van der Waals surface area contributed by atoms with Crippen LogP contribution in [-0.4, -0.2) is 45.5 Å². The smallest absolute Gasteiger partial charge is 0.227 e. The van der Waals surface area contributed by atoms with E-state index in [1.165, 1.54) is 23.3 Å². The molecule has 1 amide bonds. The van der Waals surface area contributed by atoms with Crippen LogP contribution in [0.2, 0.25) is 0 Å². The molecule has 3 aromatic rings. The lowest BCUT2D eigenvalue weighted by Gasteiger charge is -2.41. The van der Waals surface area contributed by atoms with Crippen LogP contribution in [0.15, 0.2) is 53.7 Å². The third-order valence-electron chi connectivity index (χ3n) is 7.57. The van der Waals surface area contributed by atoms with Gasteiger partial charge in [-0.1, -0.05) is 12.1 Å². The number of hydrogen-bond acceptors (Lipinski definition) is 4. The Hall–Kier alpha value is -3.45. The zero-order valence-corrected chi connectivity index (χ0v) is 20.3. The molecule has 0 spiro atoms. The maximum atomic E-state index is 13.7. The van der Waals surface area contributed by atoms with E-state index in [0.29, 0.717) is 26.1 Å². The second kappa shape index (κ2) is 9.21.